The second-order valence-electron chi connectivity index (χ2n) is 9.11. The molecule has 1 saturated heterocycles. The second kappa shape index (κ2) is 10.5. The lowest BCUT2D eigenvalue weighted by Gasteiger charge is -2.33. The smallest absolute Gasteiger partial charge is 0.220 e. The molecule has 4 rings (SSSR count). The predicted octanol–water partition coefficient (Wildman–Crippen LogP) is 5.73. The molecule has 1 aliphatic rings. The van der Waals surface area contributed by atoms with Gasteiger partial charge < -0.3 is 14.8 Å². The molecule has 32 heavy (non-hydrogen) atoms. The van der Waals surface area contributed by atoms with Gasteiger partial charge in [-0.15, -0.1) is 0 Å². The number of hydrogen-bond acceptors (Lipinski definition) is 2. The Hall–Kier alpha value is -2.30. The van der Waals surface area contributed by atoms with Gasteiger partial charge >= 0.3 is 0 Å². The van der Waals surface area contributed by atoms with Gasteiger partial charge in [0.25, 0.3) is 0 Å². The molecule has 0 bridgehead atoms. The van der Waals surface area contributed by atoms with Gasteiger partial charge in [-0.1, -0.05) is 48.4 Å². The molecule has 4 nitrogen and oxygen atoms in total. The SMILES string of the molecule is CC1CCCCN1CCCNC(=O)CC(c1cccc(Cl)c1)c1cn(C)c2ccccc12. The van der Waals surface area contributed by atoms with E-state index in [0.717, 1.165) is 25.1 Å². The Kier molecular flexibility index (Phi) is 7.54. The summed E-state index contributed by atoms with van der Waals surface area (Å²) in [5, 5.41) is 5.06. The first kappa shape index (κ1) is 22.9. The number of carbonyl (C=O) groups is 1. The van der Waals surface area contributed by atoms with Gasteiger partial charge in [0, 0.05) is 60.6 Å². The molecule has 0 radical (unpaired) electrons. The maximum absolute atomic E-state index is 13.0. The fourth-order valence-electron chi connectivity index (χ4n) is 5.04. The third kappa shape index (κ3) is 5.36. The highest BCUT2D eigenvalue weighted by molar-refractivity contribution is 6.30. The van der Waals surface area contributed by atoms with Crippen LogP contribution in [0.15, 0.2) is 54.7 Å². The van der Waals surface area contributed by atoms with Gasteiger partial charge in [0.15, 0.2) is 0 Å². The van der Waals surface area contributed by atoms with Gasteiger partial charge in [0.2, 0.25) is 5.91 Å². The fourth-order valence-corrected chi connectivity index (χ4v) is 5.24. The number of nitrogens with one attached hydrogen (secondary N) is 1. The van der Waals surface area contributed by atoms with Crippen LogP contribution in [0.1, 0.15) is 56.1 Å². The number of fused-ring (bicyclic) bond motifs is 1. The molecular weight excluding hydrogens is 418 g/mol. The van der Waals surface area contributed by atoms with Crippen molar-refractivity contribution in [1.82, 2.24) is 14.8 Å². The van der Waals surface area contributed by atoms with E-state index < -0.39 is 0 Å². The standard InChI is InChI=1S/C27H34ClN3O/c1-20-9-5-6-15-31(20)16-8-14-29-27(32)18-24(21-10-7-11-22(28)17-21)25-19-30(2)26-13-4-3-12-23(25)26/h3-4,7,10-13,17,19-20,24H,5-6,8-9,14-16,18H2,1-2H3,(H,29,32). The van der Waals surface area contributed by atoms with E-state index in [1.807, 2.05) is 18.2 Å². The highest BCUT2D eigenvalue weighted by Gasteiger charge is 2.23. The van der Waals surface area contributed by atoms with Crippen LogP contribution in [0.2, 0.25) is 5.02 Å². The normalized spacial score (nSPS) is 18.0. The zero-order chi connectivity index (χ0) is 22.5. The molecule has 0 saturated carbocycles. The third-order valence-corrected chi connectivity index (χ3v) is 7.06. The highest BCUT2D eigenvalue weighted by atomic mass is 35.5. The summed E-state index contributed by atoms with van der Waals surface area (Å²) in [6.45, 7) is 5.28. The summed E-state index contributed by atoms with van der Waals surface area (Å²) in [6, 6.07) is 16.9. The number of benzene rings is 2. The van der Waals surface area contributed by atoms with Crippen molar-refractivity contribution in [3.8, 4) is 0 Å². The van der Waals surface area contributed by atoms with Crippen molar-refractivity contribution in [2.45, 2.75) is 51.0 Å². The molecular formula is C27H34ClN3O. The number of piperidine rings is 1. The van der Waals surface area contributed by atoms with Crippen LogP contribution in [0.25, 0.3) is 10.9 Å². The Morgan fingerprint density at radius 3 is 2.84 bits per heavy atom. The van der Waals surface area contributed by atoms with E-state index in [0.29, 0.717) is 17.5 Å². The van der Waals surface area contributed by atoms with Crippen molar-refractivity contribution in [3.05, 3.63) is 70.9 Å². The summed E-state index contributed by atoms with van der Waals surface area (Å²) in [5.74, 6) is 0.0523. The van der Waals surface area contributed by atoms with Crippen molar-refractivity contribution in [1.29, 1.82) is 0 Å². The lowest BCUT2D eigenvalue weighted by Crippen LogP contribution is -2.39. The quantitative estimate of drug-likeness (QED) is 0.444. The summed E-state index contributed by atoms with van der Waals surface area (Å²) < 4.78 is 2.14. The second-order valence-corrected chi connectivity index (χ2v) is 9.54. The Labute approximate surface area is 196 Å². The first-order chi connectivity index (χ1) is 15.5. The van der Waals surface area contributed by atoms with Crippen molar-refractivity contribution in [2.75, 3.05) is 19.6 Å². The van der Waals surface area contributed by atoms with E-state index in [1.165, 1.54) is 42.3 Å². The minimum Gasteiger partial charge on any atom is -0.356 e. The van der Waals surface area contributed by atoms with Crippen LogP contribution in [0, 0.1) is 0 Å². The van der Waals surface area contributed by atoms with E-state index in [1.54, 1.807) is 0 Å². The van der Waals surface area contributed by atoms with Crippen LogP contribution in [-0.2, 0) is 11.8 Å². The number of likely N-dealkylation sites (tertiary alicyclic amines) is 1. The van der Waals surface area contributed by atoms with E-state index in [4.69, 9.17) is 11.6 Å². The first-order valence-electron chi connectivity index (χ1n) is 11.8. The molecule has 1 amide bonds. The lowest BCUT2D eigenvalue weighted by atomic mass is 9.88. The van der Waals surface area contributed by atoms with Gasteiger partial charge in [0.05, 0.1) is 0 Å². The Bertz CT molecular complexity index is 1060. The molecule has 1 N–H and O–H groups in total. The minimum absolute atomic E-state index is 0.0399. The van der Waals surface area contributed by atoms with Crippen molar-refractivity contribution in [3.63, 3.8) is 0 Å². The zero-order valence-corrected chi connectivity index (χ0v) is 19.9. The molecule has 0 aliphatic carbocycles. The number of nitrogens with zero attached hydrogens (tertiary/aromatic N) is 2. The van der Waals surface area contributed by atoms with E-state index in [2.05, 4.69) is 65.3 Å². The average Bonchev–Trinajstić information content (AvgIpc) is 3.13. The third-order valence-electron chi connectivity index (χ3n) is 6.83. The van der Waals surface area contributed by atoms with E-state index in [9.17, 15) is 4.79 Å². The summed E-state index contributed by atoms with van der Waals surface area (Å²) in [5.41, 5.74) is 3.42. The molecule has 5 heteroatoms. The van der Waals surface area contributed by atoms with Crippen LogP contribution >= 0.6 is 11.6 Å². The monoisotopic (exact) mass is 451 g/mol. The van der Waals surface area contributed by atoms with Gasteiger partial charge in [-0.25, -0.2) is 0 Å². The van der Waals surface area contributed by atoms with Gasteiger partial charge in [-0.05, 0) is 62.1 Å². The predicted molar refractivity (Wildman–Crippen MR) is 133 cm³/mol. The topological polar surface area (TPSA) is 37.3 Å². The fraction of sp³-hybridized carbons (Fsp3) is 0.444. The number of aromatic nitrogens is 1. The molecule has 3 aromatic rings. The summed E-state index contributed by atoms with van der Waals surface area (Å²) in [7, 11) is 2.06. The van der Waals surface area contributed by atoms with Crippen molar-refractivity contribution < 1.29 is 4.79 Å². The van der Waals surface area contributed by atoms with Crippen LogP contribution < -0.4 is 5.32 Å². The molecule has 170 valence electrons. The number of aryl methyl sites for hydroxylation is 1. The highest BCUT2D eigenvalue weighted by Crippen LogP contribution is 2.35. The number of rotatable bonds is 8. The molecule has 1 aromatic heterocycles. The molecule has 0 spiro atoms. The van der Waals surface area contributed by atoms with Crippen molar-refractivity contribution in [2.24, 2.45) is 7.05 Å². The first-order valence-corrected chi connectivity index (χ1v) is 12.2. The molecule has 2 aromatic carbocycles. The number of para-hydroxylation sites is 1. The average molecular weight is 452 g/mol. The van der Waals surface area contributed by atoms with Crippen LogP contribution in [0.4, 0.5) is 0 Å². The number of hydrogen-bond donors (Lipinski definition) is 1. The van der Waals surface area contributed by atoms with Crippen molar-refractivity contribution >= 4 is 28.4 Å². The van der Waals surface area contributed by atoms with Gasteiger partial charge in [-0.3, -0.25) is 4.79 Å². The van der Waals surface area contributed by atoms with E-state index >= 15 is 0 Å². The lowest BCUT2D eigenvalue weighted by molar-refractivity contribution is -0.121. The van der Waals surface area contributed by atoms with Crippen LogP contribution in [0.3, 0.4) is 0 Å². The maximum Gasteiger partial charge on any atom is 0.220 e. The Morgan fingerprint density at radius 1 is 1.19 bits per heavy atom. The zero-order valence-electron chi connectivity index (χ0n) is 19.2. The van der Waals surface area contributed by atoms with Crippen LogP contribution in [-0.4, -0.2) is 41.1 Å². The number of halogens is 1. The molecule has 2 atom stereocenters. The molecule has 2 unspecified atom stereocenters. The maximum atomic E-state index is 13.0. The number of amides is 1. The van der Waals surface area contributed by atoms with Gasteiger partial charge in [0.1, 0.15) is 0 Å². The molecule has 1 fully saturated rings. The molecule has 1 aliphatic heterocycles. The Morgan fingerprint density at radius 2 is 2.03 bits per heavy atom. The van der Waals surface area contributed by atoms with E-state index in [-0.39, 0.29) is 11.8 Å². The number of carbonyl (C=O) groups excluding carboxylic acids is 1. The minimum atomic E-state index is -0.0399. The van der Waals surface area contributed by atoms with Crippen LogP contribution in [0.5, 0.6) is 0 Å². The summed E-state index contributed by atoms with van der Waals surface area (Å²) in [4.78, 5) is 15.5. The Balaban J connectivity index is 1.45. The van der Waals surface area contributed by atoms with Gasteiger partial charge in [-0.2, -0.15) is 0 Å². The summed E-state index contributed by atoms with van der Waals surface area (Å²) >= 11 is 6.31. The summed E-state index contributed by atoms with van der Waals surface area (Å²) in [6.07, 6.45) is 7.48. The molecule has 2 heterocycles. The largest absolute Gasteiger partial charge is 0.356 e.